The summed E-state index contributed by atoms with van der Waals surface area (Å²) in [6, 6.07) is 7.81. The molecule has 0 saturated heterocycles. The van der Waals surface area contributed by atoms with Gasteiger partial charge in [-0.05, 0) is 62.5 Å². The van der Waals surface area contributed by atoms with Gasteiger partial charge in [-0.1, -0.05) is 0 Å². The first-order valence-corrected chi connectivity index (χ1v) is 6.91. The van der Waals surface area contributed by atoms with E-state index in [4.69, 9.17) is 4.74 Å². The van der Waals surface area contributed by atoms with Crippen molar-refractivity contribution >= 4 is 43.4 Å². The second kappa shape index (κ2) is 5.71. The van der Waals surface area contributed by atoms with E-state index in [1.54, 1.807) is 13.3 Å². The van der Waals surface area contributed by atoms with E-state index >= 15 is 0 Å². The Balaban J connectivity index is 2.25. The molecule has 18 heavy (non-hydrogen) atoms. The molecule has 0 fully saturated rings. The SMILES string of the molecule is COc1cc(Nc2cc(C)c(Br)cn2)ccc1Br. The molecule has 0 aliphatic heterocycles. The highest BCUT2D eigenvalue weighted by molar-refractivity contribution is 9.10. The quantitative estimate of drug-likeness (QED) is 0.851. The first-order valence-electron chi connectivity index (χ1n) is 5.33. The Kier molecular flexibility index (Phi) is 4.24. The topological polar surface area (TPSA) is 34.1 Å². The van der Waals surface area contributed by atoms with Crippen LogP contribution in [-0.4, -0.2) is 12.1 Å². The number of hydrogen-bond acceptors (Lipinski definition) is 3. The number of rotatable bonds is 3. The van der Waals surface area contributed by atoms with E-state index in [0.29, 0.717) is 0 Å². The standard InChI is InChI=1S/C13H12Br2N2O/c1-8-5-13(16-7-11(8)15)17-9-3-4-10(14)12(6-9)18-2/h3-7H,1-2H3,(H,16,17). The number of ether oxygens (including phenoxy) is 1. The molecule has 5 heteroatoms. The van der Waals surface area contributed by atoms with Crippen molar-refractivity contribution in [1.29, 1.82) is 0 Å². The Hall–Kier alpha value is -1.07. The van der Waals surface area contributed by atoms with Gasteiger partial charge >= 0.3 is 0 Å². The minimum absolute atomic E-state index is 0.786. The molecular weight excluding hydrogens is 360 g/mol. The van der Waals surface area contributed by atoms with Crippen molar-refractivity contribution in [3.63, 3.8) is 0 Å². The Labute approximate surface area is 123 Å². The number of methoxy groups -OCH3 is 1. The molecule has 1 heterocycles. The zero-order chi connectivity index (χ0) is 13.1. The predicted octanol–water partition coefficient (Wildman–Crippen LogP) is 4.67. The van der Waals surface area contributed by atoms with Crippen LogP contribution in [0.15, 0.2) is 39.4 Å². The zero-order valence-electron chi connectivity index (χ0n) is 10.00. The molecule has 1 N–H and O–H groups in total. The second-order valence-electron chi connectivity index (χ2n) is 3.79. The number of aromatic nitrogens is 1. The predicted molar refractivity (Wildman–Crippen MR) is 80.7 cm³/mol. The van der Waals surface area contributed by atoms with E-state index < -0.39 is 0 Å². The molecule has 0 atom stereocenters. The highest BCUT2D eigenvalue weighted by atomic mass is 79.9. The fourth-order valence-corrected chi connectivity index (χ4v) is 2.12. The highest BCUT2D eigenvalue weighted by Crippen LogP contribution is 2.29. The first-order chi connectivity index (χ1) is 8.60. The number of nitrogens with zero attached hydrogens (tertiary/aromatic N) is 1. The molecule has 0 aliphatic rings. The first kappa shape index (κ1) is 13.4. The van der Waals surface area contributed by atoms with Gasteiger partial charge < -0.3 is 10.1 Å². The van der Waals surface area contributed by atoms with Crippen LogP contribution in [0.5, 0.6) is 5.75 Å². The van der Waals surface area contributed by atoms with Gasteiger partial charge in [0.15, 0.2) is 0 Å². The summed E-state index contributed by atoms with van der Waals surface area (Å²) in [4.78, 5) is 4.30. The van der Waals surface area contributed by atoms with Gasteiger partial charge in [0.2, 0.25) is 0 Å². The van der Waals surface area contributed by atoms with Crippen molar-refractivity contribution in [3.8, 4) is 5.75 Å². The molecule has 2 aromatic rings. The number of hydrogen-bond donors (Lipinski definition) is 1. The maximum absolute atomic E-state index is 5.25. The van der Waals surface area contributed by atoms with Gasteiger partial charge in [0, 0.05) is 22.4 Å². The third-order valence-corrected chi connectivity index (χ3v) is 3.96. The molecule has 0 unspecified atom stereocenters. The van der Waals surface area contributed by atoms with Crippen LogP contribution >= 0.6 is 31.9 Å². The van der Waals surface area contributed by atoms with Gasteiger partial charge in [-0.2, -0.15) is 0 Å². The zero-order valence-corrected chi connectivity index (χ0v) is 13.2. The molecule has 1 aromatic heterocycles. The highest BCUT2D eigenvalue weighted by Gasteiger charge is 2.03. The van der Waals surface area contributed by atoms with Gasteiger partial charge in [-0.3, -0.25) is 0 Å². The van der Waals surface area contributed by atoms with Crippen molar-refractivity contribution in [3.05, 3.63) is 45.0 Å². The summed E-state index contributed by atoms with van der Waals surface area (Å²) in [5.41, 5.74) is 2.07. The number of benzene rings is 1. The van der Waals surface area contributed by atoms with Crippen LogP contribution in [0.4, 0.5) is 11.5 Å². The maximum Gasteiger partial charge on any atom is 0.135 e. The molecule has 0 amide bonds. The van der Waals surface area contributed by atoms with Gasteiger partial charge in [-0.25, -0.2) is 4.98 Å². The molecule has 0 spiro atoms. The van der Waals surface area contributed by atoms with E-state index in [-0.39, 0.29) is 0 Å². The van der Waals surface area contributed by atoms with Crippen molar-refractivity contribution in [2.24, 2.45) is 0 Å². The van der Waals surface area contributed by atoms with Crippen LogP contribution in [0.1, 0.15) is 5.56 Å². The average molecular weight is 372 g/mol. The smallest absolute Gasteiger partial charge is 0.135 e. The summed E-state index contributed by atoms with van der Waals surface area (Å²) in [6.07, 6.45) is 1.79. The lowest BCUT2D eigenvalue weighted by Crippen LogP contribution is -1.95. The van der Waals surface area contributed by atoms with E-state index in [9.17, 15) is 0 Å². The summed E-state index contributed by atoms with van der Waals surface area (Å²) in [5.74, 6) is 1.59. The Morgan fingerprint density at radius 3 is 2.61 bits per heavy atom. The van der Waals surface area contributed by atoms with Crippen LogP contribution in [0.25, 0.3) is 0 Å². The lowest BCUT2D eigenvalue weighted by Gasteiger charge is -2.09. The van der Waals surface area contributed by atoms with Crippen molar-refractivity contribution in [1.82, 2.24) is 4.98 Å². The average Bonchev–Trinajstić information content (AvgIpc) is 2.36. The summed E-state index contributed by atoms with van der Waals surface area (Å²) >= 11 is 6.85. The van der Waals surface area contributed by atoms with E-state index in [1.165, 1.54) is 0 Å². The van der Waals surface area contributed by atoms with Crippen LogP contribution in [0.2, 0.25) is 0 Å². The number of anilines is 2. The molecule has 0 aliphatic carbocycles. The lowest BCUT2D eigenvalue weighted by atomic mass is 10.2. The minimum Gasteiger partial charge on any atom is -0.495 e. The molecule has 2 rings (SSSR count). The summed E-state index contributed by atoms with van der Waals surface area (Å²) < 4.78 is 7.18. The van der Waals surface area contributed by atoms with E-state index in [2.05, 4.69) is 42.2 Å². The van der Waals surface area contributed by atoms with Gasteiger partial charge in [-0.15, -0.1) is 0 Å². The molecule has 0 saturated carbocycles. The van der Waals surface area contributed by atoms with Gasteiger partial charge in [0.1, 0.15) is 11.6 Å². The van der Waals surface area contributed by atoms with Crippen molar-refractivity contribution in [2.75, 3.05) is 12.4 Å². The van der Waals surface area contributed by atoms with Crippen LogP contribution < -0.4 is 10.1 Å². The molecule has 94 valence electrons. The third kappa shape index (κ3) is 3.03. The number of aryl methyl sites for hydroxylation is 1. The largest absolute Gasteiger partial charge is 0.495 e. The van der Waals surface area contributed by atoms with Gasteiger partial charge in [0.05, 0.1) is 11.6 Å². The molecule has 0 radical (unpaired) electrons. The molecule has 3 nitrogen and oxygen atoms in total. The molecule has 1 aromatic carbocycles. The Bertz CT molecular complexity index is 573. The van der Waals surface area contributed by atoms with Crippen LogP contribution in [-0.2, 0) is 0 Å². The Morgan fingerprint density at radius 2 is 1.94 bits per heavy atom. The van der Waals surface area contributed by atoms with E-state index in [0.717, 1.165) is 31.8 Å². The van der Waals surface area contributed by atoms with E-state index in [1.807, 2.05) is 31.2 Å². The number of halogens is 2. The van der Waals surface area contributed by atoms with Crippen molar-refractivity contribution in [2.45, 2.75) is 6.92 Å². The fourth-order valence-electron chi connectivity index (χ4n) is 1.49. The summed E-state index contributed by atoms with van der Waals surface area (Å²) in [5, 5.41) is 3.24. The van der Waals surface area contributed by atoms with Crippen molar-refractivity contribution < 1.29 is 4.74 Å². The maximum atomic E-state index is 5.25. The lowest BCUT2D eigenvalue weighted by molar-refractivity contribution is 0.412. The van der Waals surface area contributed by atoms with Crippen LogP contribution in [0.3, 0.4) is 0 Å². The number of nitrogens with one attached hydrogen (secondary N) is 1. The molecular formula is C13H12Br2N2O. The number of pyridine rings is 1. The normalized spacial score (nSPS) is 10.2. The van der Waals surface area contributed by atoms with Crippen LogP contribution in [0, 0.1) is 6.92 Å². The summed E-state index contributed by atoms with van der Waals surface area (Å²) in [7, 11) is 1.64. The summed E-state index contributed by atoms with van der Waals surface area (Å²) in [6.45, 7) is 2.03. The Morgan fingerprint density at radius 1 is 1.17 bits per heavy atom. The minimum atomic E-state index is 0.786. The monoisotopic (exact) mass is 370 g/mol. The van der Waals surface area contributed by atoms with Gasteiger partial charge in [0.25, 0.3) is 0 Å². The third-order valence-electron chi connectivity index (χ3n) is 2.47. The molecule has 0 bridgehead atoms. The fraction of sp³-hybridized carbons (Fsp3) is 0.154. The second-order valence-corrected chi connectivity index (χ2v) is 5.50.